The van der Waals surface area contributed by atoms with Crippen LogP contribution in [0.1, 0.15) is 24.4 Å². The van der Waals surface area contributed by atoms with Gasteiger partial charge in [-0.3, -0.25) is 0 Å². The zero-order valence-electron chi connectivity index (χ0n) is 5.76. The van der Waals surface area contributed by atoms with Gasteiger partial charge in [-0.05, 0) is 19.1 Å². The molecule has 0 fully saturated rings. The molecular weight excluding hydrogens is 126 g/mol. The molecule has 0 aliphatic heterocycles. The minimum atomic E-state index is -0.0258. The van der Waals surface area contributed by atoms with E-state index in [9.17, 15) is 0 Å². The Morgan fingerprint density at radius 1 is 1.70 bits per heavy atom. The summed E-state index contributed by atoms with van der Waals surface area (Å²) in [4.78, 5) is 2.88. The molecule has 1 atom stereocenters. The van der Waals surface area contributed by atoms with Crippen LogP contribution in [0.3, 0.4) is 0 Å². The van der Waals surface area contributed by atoms with Crippen molar-refractivity contribution in [3.8, 4) is 6.07 Å². The van der Waals surface area contributed by atoms with E-state index in [1.165, 1.54) is 0 Å². The number of hydrogen-bond donors (Lipinski definition) is 2. The van der Waals surface area contributed by atoms with E-state index >= 15 is 0 Å². The number of nitrogens with one attached hydrogen (secondary N) is 1. The molecule has 52 valence electrons. The van der Waals surface area contributed by atoms with E-state index in [0.717, 1.165) is 5.69 Å². The molecule has 1 rings (SSSR count). The summed E-state index contributed by atoms with van der Waals surface area (Å²) in [6.45, 7) is 1.87. The summed E-state index contributed by atoms with van der Waals surface area (Å²) in [5, 5.41) is 8.41. The van der Waals surface area contributed by atoms with Gasteiger partial charge in [0, 0.05) is 11.7 Å². The van der Waals surface area contributed by atoms with Gasteiger partial charge in [0.05, 0.1) is 0 Å². The first-order chi connectivity index (χ1) is 4.74. The van der Waals surface area contributed by atoms with Crippen molar-refractivity contribution in [3.63, 3.8) is 0 Å². The summed E-state index contributed by atoms with van der Waals surface area (Å²) < 4.78 is 0. The lowest BCUT2D eigenvalue weighted by Crippen LogP contribution is -2.04. The number of H-pyrrole nitrogens is 1. The molecule has 0 saturated carbocycles. The van der Waals surface area contributed by atoms with Crippen LogP contribution in [-0.2, 0) is 0 Å². The zero-order chi connectivity index (χ0) is 7.56. The Morgan fingerprint density at radius 3 is 2.70 bits per heavy atom. The Balaban J connectivity index is 2.91. The SMILES string of the molecule is C[C@@H](N)c1ccc(C#N)[nH]1. The van der Waals surface area contributed by atoms with E-state index < -0.39 is 0 Å². The Labute approximate surface area is 59.5 Å². The largest absolute Gasteiger partial charge is 0.349 e. The van der Waals surface area contributed by atoms with Crippen molar-refractivity contribution in [2.75, 3.05) is 0 Å². The van der Waals surface area contributed by atoms with Crippen LogP contribution in [0.15, 0.2) is 12.1 Å². The first-order valence-corrected chi connectivity index (χ1v) is 3.08. The second kappa shape index (κ2) is 2.54. The normalized spacial score (nSPS) is 12.5. The lowest BCUT2D eigenvalue weighted by molar-refractivity contribution is 0.788. The molecule has 0 radical (unpaired) electrons. The van der Waals surface area contributed by atoms with Crippen molar-refractivity contribution >= 4 is 0 Å². The van der Waals surface area contributed by atoms with Crippen LogP contribution in [0.5, 0.6) is 0 Å². The number of hydrogen-bond acceptors (Lipinski definition) is 2. The van der Waals surface area contributed by atoms with Gasteiger partial charge in [-0.1, -0.05) is 0 Å². The number of aromatic nitrogens is 1. The van der Waals surface area contributed by atoms with Crippen molar-refractivity contribution in [2.24, 2.45) is 5.73 Å². The van der Waals surface area contributed by atoms with Crippen LogP contribution < -0.4 is 5.73 Å². The standard InChI is InChI=1S/C7H9N3/c1-5(9)7-3-2-6(4-8)10-7/h2-3,5,10H,9H2,1H3/t5-/m1/s1. The van der Waals surface area contributed by atoms with Gasteiger partial charge in [-0.15, -0.1) is 0 Å². The number of nitriles is 1. The molecule has 0 saturated heterocycles. The van der Waals surface area contributed by atoms with Gasteiger partial charge in [0.2, 0.25) is 0 Å². The monoisotopic (exact) mass is 135 g/mol. The maximum absolute atomic E-state index is 8.41. The van der Waals surface area contributed by atoms with Crippen LogP contribution in [0.4, 0.5) is 0 Å². The van der Waals surface area contributed by atoms with E-state index in [4.69, 9.17) is 11.0 Å². The van der Waals surface area contributed by atoms with E-state index in [-0.39, 0.29) is 6.04 Å². The second-order valence-corrected chi connectivity index (χ2v) is 2.23. The summed E-state index contributed by atoms with van der Waals surface area (Å²) in [5.41, 5.74) is 7.00. The van der Waals surface area contributed by atoms with Crippen LogP contribution in [0.2, 0.25) is 0 Å². The molecule has 3 N–H and O–H groups in total. The Kier molecular flexibility index (Phi) is 1.74. The maximum Gasteiger partial charge on any atom is 0.117 e. The highest BCUT2D eigenvalue weighted by Crippen LogP contribution is 2.07. The van der Waals surface area contributed by atoms with Crippen LogP contribution in [-0.4, -0.2) is 4.98 Å². The van der Waals surface area contributed by atoms with Crippen molar-refractivity contribution in [1.82, 2.24) is 4.98 Å². The molecule has 10 heavy (non-hydrogen) atoms. The highest BCUT2D eigenvalue weighted by atomic mass is 14.8. The van der Waals surface area contributed by atoms with E-state index in [2.05, 4.69) is 4.98 Å². The third-order valence-electron chi connectivity index (χ3n) is 1.32. The zero-order valence-corrected chi connectivity index (χ0v) is 5.76. The van der Waals surface area contributed by atoms with Gasteiger partial charge < -0.3 is 10.7 Å². The van der Waals surface area contributed by atoms with Gasteiger partial charge in [0.1, 0.15) is 11.8 Å². The van der Waals surface area contributed by atoms with Gasteiger partial charge >= 0.3 is 0 Å². The average molecular weight is 135 g/mol. The van der Waals surface area contributed by atoms with Crippen LogP contribution >= 0.6 is 0 Å². The summed E-state index contributed by atoms with van der Waals surface area (Å²) in [6.07, 6.45) is 0. The van der Waals surface area contributed by atoms with Crippen molar-refractivity contribution in [1.29, 1.82) is 5.26 Å². The second-order valence-electron chi connectivity index (χ2n) is 2.23. The Morgan fingerprint density at radius 2 is 2.40 bits per heavy atom. The summed E-state index contributed by atoms with van der Waals surface area (Å²) >= 11 is 0. The Hall–Kier alpha value is -1.27. The van der Waals surface area contributed by atoms with Crippen LogP contribution in [0, 0.1) is 11.3 Å². The summed E-state index contributed by atoms with van der Waals surface area (Å²) in [6, 6.07) is 5.51. The highest BCUT2D eigenvalue weighted by molar-refractivity contribution is 5.25. The fraction of sp³-hybridized carbons (Fsp3) is 0.286. The van der Waals surface area contributed by atoms with Gasteiger partial charge in [0.25, 0.3) is 0 Å². The average Bonchev–Trinajstić information content (AvgIpc) is 2.34. The molecule has 0 bridgehead atoms. The van der Waals surface area contributed by atoms with E-state index in [1.807, 2.05) is 19.1 Å². The van der Waals surface area contributed by atoms with Gasteiger partial charge in [-0.2, -0.15) is 5.26 Å². The minimum Gasteiger partial charge on any atom is -0.349 e. The Bertz CT molecular complexity index is 254. The molecule has 1 aromatic heterocycles. The first kappa shape index (κ1) is 6.84. The number of rotatable bonds is 1. The van der Waals surface area contributed by atoms with Gasteiger partial charge in [0.15, 0.2) is 0 Å². The predicted molar refractivity (Wildman–Crippen MR) is 38.1 cm³/mol. The summed E-state index contributed by atoms with van der Waals surface area (Å²) in [7, 11) is 0. The molecular formula is C7H9N3. The molecule has 3 heteroatoms. The third kappa shape index (κ3) is 1.17. The lowest BCUT2D eigenvalue weighted by Gasteiger charge is -1.98. The number of aromatic amines is 1. The first-order valence-electron chi connectivity index (χ1n) is 3.08. The lowest BCUT2D eigenvalue weighted by atomic mass is 10.3. The van der Waals surface area contributed by atoms with Crippen molar-refractivity contribution < 1.29 is 0 Å². The predicted octanol–water partition coefficient (Wildman–Crippen LogP) is 0.906. The fourth-order valence-electron chi connectivity index (χ4n) is 0.743. The van der Waals surface area contributed by atoms with Crippen LogP contribution in [0.25, 0.3) is 0 Å². The molecule has 1 aromatic rings. The molecule has 0 spiro atoms. The summed E-state index contributed by atoms with van der Waals surface area (Å²) in [5.74, 6) is 0. The molecule has 3 nitrogen and oxygen atoms in total. The molecule has 0 aromatic carbocycles. The molecule has 1 heterocycles. The maximum atomic E-state index is 8.41. The smallest absolute Gasteiger partial charge is 0.117 e. The molecule has 0 unspecified atom stereocenters. The minimum absolute atomic E-state index is 0.0258. The van der Waals surface area contributed by atoms with Gasteiger partial charge in [-0.25, -0.2) is 0 Å². The molecule has 0 amide bonds. The van der Waals surface area contributed by atoms with E-state index in [0.29, 0.717) is 5.69 Å². The highest BCUT2D eigenvalue weighted by Gasteiger charge is 2.00. The van der Waals surface area contributed by atoms with E-state index in [1.54, 1.807) is 6.07 Å². The number of nitrogens with two attached hydrogens (primary N) is 1. The fourth-order valence-corrected chi connectivity index (χ4v) is 0.743. The quantitative estimate of drug-likeness (QED) is 0.601. The molecule has 0 aliphatic carbocycles. The number of nitrogens with zero attached hydrogens (tertiary/aromatic N) is 1. The van der Waals surface area contributed by atoms with Crippen molar-refractivity contribution in [3.05, 3.63) is 23.5 Å². The van der Waals surface area contributed by atoms with Crippen molar-refractivity contribution in [2.45, 2.75) is 13.0 Å². The molecule has 0 aliphatic rings. The third-order valence-corrected chi connectivity index (χ3v) is 1.32. The topological polar surface area (TPSA) is 65.6 Å².